The SMILES string of the molecule is CC[C@@H](C)NC(=O)c1ccccc1NC(=O)c1ccnc(-n2cncn2)c1. The number of aromatic nitrogens is 4. The fraction of sp³-hybridized carbons (Fsp3) is 0.211. The molecule has 3 rings (SSSR count). The van der Waals surface area contributed by atoms with E-state index in [0.29, 0.717) is 22.6 Å². The van der Waals surface area contributed by atoms with Crippen LogP contribution < -0.4 is 10.6 Å². The molecule has 0 fully saturated rings. The molecule has 0 saturated carbocycles. The fourth-order valence-corrected chi connectivity index (χ4v) is 2.40. The van der Waals surface area contributed by atoms with Gasteiger partial charge in [-0.1, -0.05) is 19.1 Å². The molecule has 0 spiro atoms. The van der Waals surface area contributed by atoms with Crippen molar-refractivity contribution < 1.29 is 9.59 Å². The maximum atomic E-state index is 12.7. The molecule has 0 aliphatic heterocycles. The number of hydrogen-bond donors (Lipinski definition) is 2. The predicted octanol–water partition coefficient (Wildman–Crippen LogP) is 2.44. The summed E-state index contributed by atoms with van der Waals surface area (Å²) >= 11 is 0. The lowest BCUT2D eigenvalue weighted by molar-refractivity contribution is 0.0940. The van der Waals surface area contributed by atoms with Crippen molar-refractivity contribution in [2.75, 3.05) is 5.32 Å². The maximum absolute atomic E-state index is 12.7. The molecule has 8 heteroatoms. The van der Waals surface area contributed by atoms with Crippen LogP contribution in [-0.2, 0) is 0 Å². The molecule has 0 unspecified atom stereocenters. The Morgan fingerprint density at radius 1 is 1.19 bits per heavy atom. The van der Waals surface area contributed by atoms with Crippen molar-refractivity contribution in [1.29, 1.82) is 0 Å². The Labute approximate surface area is 156 Å². The first kappa shape index (κ1) is 18.2. The first-order valence-electron chi connectivity index (χ1n) is 8.60. The van der Waals surface area contributed by atoms with Gasteiger partial charge in [0.25, 0.3) is 11.8 Å². The third-order valence-corrected chi connectivity index (χ3v) is 4.07. The van der Waals surface area contributed by atoms with E-state index in [-0.39, 0.29) is 17.9 Å². The van der Waals surface area contributed by atoms with Gasteiger partial charge in [-0.3, -0.25) is 9.59 Å². The summed E-state index contributed by atoms with van der Waals surface area (Å²) in [6.07, 6.45) is 5.23. The van der Waals surface area contributed by atoms with Crippen LogP contribution in [-0.4, -0.2) is 37.6 Å². The van der Waals surface area contributed by atoms with E-state index in [0.717, 1.165) is 6.42 Å². The lowest BCUT2D eigenvalue weighted by Crippen LogP contribution is -2.32. The molecular formula is C19H20N6O2. The second kappa shape index (κ2) is 8.22. The summed E-state index contributed by atoms with van der Waals surface area (Å²) in [6.45, 7) is 3.93. The third-order valence-electron chi connectivity index (χ3n) is 4.07. The van der Waals surface area contributed by atoms with Gasteiger partial charge in [0.05, 0.1) is 11.3 Å². The Balaban J connectivity index is 1.81. The number of nitrogens with one attached hydrogen (secondary N) is 2. The first-order valence-corrected chi connectivity index (χ1v) is 8.60. The largest absolute Gasteiger partial charge is 0.350 e. The molecule has 2 N–H and O–H groups in total. The van der Waals surface area contributed by atoms with E-state index < -0.39 is 0 Å². The minimum atomic E-state index is -0.345. The van der Waals surface area contributed by atoms with Crippen molar-refractivity contribution in [2.24, 2.45) is 0 Å². The summed E-state index contributed by atoms with van der Waals surface area (Å²) in [4.78, 5) is 33.2. The number of amides is 2. The summed E-state index contributed by atoms with van der Waals surface area (Å²) in [7, 11) is 0. The van der Waals surface area contributed by atoms with Gasteiger partial charge >= 0.3 is 0 Å². The molecule has 0 aliphatic rings. The van der Waals surface area contributed by atoms with Crippen molar-refractivity contribution in [3.05, 3.63) is 66.4 Å². The van der Waals surface area contributed by atoms with Gasteiger partial charge in [0.15, 0.2) is 5.82 Å². The lowest BCUT2D eigenvalue weighted by Gasteiger charge is -2.14. The second-order valence-corrected chi connectivity index (χ2v) is 6.03. The maximum Gasteiger partial charge on any atom is 0.255 e. The molecule has 2 amide bonds. The first-order chi connectivity index (χ1) is 13.1. The number of pyridine rings is 1. The second-order valence-electron chi connectivity index (χ2n) is 6.03. The molecule has 0 saturated heterocycles. The summed E-state index contributed by atoms with van der Waals surface area (Å²) in [6, 6.07) is 10.2. The summed E-state index contributed by atoms with van der Waals surface area (Å²) in [5.74, 6) is -0.0937. The Bertz CT molecular complexity index is 939. The van der Waals surface area contributed by atoms with Crippen LogP contribution in [0.2, 0.25) is 0 Å². The fourth-order valence-electron chi connectivity index (χ4n) is 2.40. The topological polar surface area (TPSA) is 102 Å². The van der Waals surface area contributed by atoms with Crippen LogP contribution >= 0.6 is 0 Å². The number of nitrogens with zero attached hydrogens (tertiary/aromatic N) is 4. The highest BCUT2D eigenvalue weighted by Gasteiger charge is 2.16. The Kier molecular flexibility index (Phi) is 5.55. The number of rotatable bonds is 6. The molecule has 138 valence electrons. The van der Waals surface area contributed by atoms with Gasteiger partial charge < -0.3 is 10.6 Å². The minimum Gasteiger partial charge on any atom is -0.350 e. The van der Waals surface area contributed by atoms with Gasteiger partial charge in [0.1, 0.15) is 12.7 Å². The molecule has 3 aromatic rings. The van der Waals surface area contributed by atoms with Crippen molar-refractivity contribution in [3.8, 4) is 5.82 Å². The van der Waals surface area contributed by atoms with E-state index in [1.165, 1.54) is 23.5 Å². The quantitative estimate of drug-likeness (QED) is 0.699. The van der Waals surface area contributed by atoms with Crippen LogP contribution in [0.4, 0.5) is 5.69 Å². The molecular weight excluding hydrogens is 344 g/mol. The number of anilines is 1. The van der Waals surface area contributed by atoms with E-state index in [1.54, 1.807) is 36.4 Å². The van der Waals surface area contributed by atoms with E-state index in [4.69, 9.17) is 0 Å². The van der Waals surface area contributed by atoms with Gasteiger partial charge in [-0.15, -0.1) is 0 Å². The van der Waals surface area contributed by atoms with Gasteiger partial charge in [0.2, 0.25) is 0 Å². The third kappa shape index (κ3) is 4.35. The Morgan fingerprint density at radius 3 is 2.74 bits per heavy atom. The zero-order chi connectivity index (χ0) is 19.2. The number of carbonyl (C=O) groups excluding carboxylic acids is 2. The zero-order valence-electron chi connectivity index (χ0n) is 15.1. The molecule has 8 nitrogen and oxygen atoms in total. The van der Waals surface area contributed by atoms with Crippen molar-refractivity contribution in [3.63, 3.8) is 0 Å². The Morgan fingerprint density at radius 2 is 2.00 bits per heavy atom. The molecule has 1 atom stereocenters. The molecule has 2 aromatic heterocycles. The van der Waals surface area contributed by atoms with Crippen LogP contribution in [0.5, 0.6) is 0 Å². The van der Waals surface area contributed by atoms with Gasteiger partial charge in [-0.25, -0.2) is 14.6 Å². The van der Waals surface area contributed by atoms with E-state index in [9.17, 15) is 9.59 Å². The van der Waals surface area contributed by atoms with E-state index in [2.05, 4.69) is 25.7 Å². The van der Waals surface area contributed by atoms with Crippen LogP contribution in [0, 0.1) is 0 Å². The molecule has 2 heterocycles. The van der Waals surface area contributed by atoms with Crippen molar-refractivity contribution >= 4 is 17.5 Å². The summed E-state index contributed by atoms with van der Waals surface area (Å²) in [5, 5.41) is 9.71. The van der Waals surface area contributed by atoms with E-state index >= 15 is 0 Å². The molecule has 0 bridgehead atoms. The highest BCUT2D eigenvalue weighted by Crippen LogP contribution is 2.17. The van der Waals surface area contributed by atoms with Gasteiger partial charge in [0, 0.05) is 17.8 Å². The normalized spacial score (nSPS) is 11.6. The molecule has 0 radical (unpaired) electrons. The number of benzene rings is 1. The Hall–Kier alpha value is -3.55. The van der Waals surface area contributed by atoms with Crippen LogP contribution in [0.25, 0.3) is 5.82 Å². The van der Waals surface area contributed by atoms with Crippen molar-refractivity contribution in [1.82, 2.24) is 25.1 Å². The highest BCUT2D eigenvalue weighted by molar-refractivity contribution is 6.09. The van der Waals surface area contributed by atoms with Gasteiger partial charge in [-0.2, -0.15) is 5.10 Å². The predicted molar refractivity (Wildman–Crippen MR) is 101 cm³/mol. The highest BCUT2D eigenvalue weighted by atomic mass is 16.2. The minimum absolute atomic E-state index is 0.0479. The monoisotopic (exact) mass is 364 g/mol. The molecule has 1 aromatic carbocycles. The average Bonchev–Trinajstić information content (AvgIpc) is 3.23. The summed E-state index contributed by atoms with van der Waals surface area (Å²) in [5.41, 5.74) is 1.26. The lowest BCUT2D eigenvalue weighted by atomic mass is 10.1. The van der Waals surface area contributed by atoms with Crippen LogP contribution in [0.1, 0.15) is 41.0 Å². The standard InChI is InChI=1S/C19H20N6O2/c1-3-13(2)23-19(27)15-6-4-5-7-16(15)24-18(26)14-8-9-21-17(10-14)25-12-20-11-22-25/h4-13H,3H2,1-2H3,(H,23,27)(H,24,26)/t13-/m1/s1. The van der Waals surface area contributed by atoms with E-state index in [1.807, 2.05) is 13.8 Å². The smallest absolute Gasteiger partial charge is 0.255 e. The van der Waals surface area contributed by atoms with Crippen molar-refractivity contribution in [2.45, 2.75) is 26.3 Å². The van der Waals surface area contributed by atoms with Gasteiger partial charge in [-0.05, 0) is 37.6 Å². The number of hydrogen-bond acceptors (Lipinski definition) is 5. The number of para-hydroxylation sites is 1. The zero-order valence-corrected chi connectivity index (χ0v) is 15.1. The number of carbonyl (C=O) groups is 2. The van der Waals surface area contributed by atoms with Crippen LogP contribution in [0.15, 0.2) is 55.2 Å². The van der Waals surface area contributed by atoms with Crippen LogP contribution in [0.3, 0.4) is 0 Å². The average molecular weight is 364 g/mol. The molecule has 0 aliphatic carbocycles. The molecule has 27 heavy (non-hydrogen) atoms. The summed E-state index contributed by atoms with van der Waals surface area (Å²) < 4.78 is 1.46.